The molecular weight excluding hydrogens is 368 g/mol. The topological polar surface area (TPSA) is 50.5 Å². The fourth-order valence-electron chi connectivity index (χ4n) is 4.42. The highest BCUT2D eigenvalue weighted by molar-refractivity contribution is 8.14. The summed E-state index contributed by atoms with van der Waals surface area (Å²) in [6.07, 6.45) is 15.6. The summed E-state index contributed by atoms with van der Waals surface area (Å²) in [5, 5.41) is 0.879. The van der Waals surface area contributed by atoms with Gasteiger partial charge in [0.2, 0.25) is 0 Å². The second kappa shape index (κ2) is 9.23. The molecule has 2 fully saturated rings. The van der Waals surface area contributed by atoms with Crippen molar-refractivity contribution in [3.8, 4) is 0 Å². The molecule has 0 bridgehead atoms. The fourth-order valence-corrected chi connectivity index (χ4v) is 5.37. The Bertz CT molecular complexity index is 829. The first-order valence-electron chi connectivity index (χ1n) is 10.6. The molecule has 0 atom stereocenters. The smallest absolute Gasteiger partial charge is 0.258 e. The monoisotopic (exact) mass is 398 g/mol. The molecule has 0 radical (unpaired) electrons. The van der Waals surface area contributed by atoms with Gasteiger partial charge in [-0.05, 0) is 38.8 Å². The van der Waals surface area contributed by atoms with Crippen LogP contribution in [0, 0.1) is 0 Å². The summed E-state index contributed by atoms with van der Waals surface area (Å²) in [6, 6.07) is 0.310. The van der Waals surface area contributed by atoms with E-state index in [-0.39, 0.29) is 5.56 Å². The molecule has 3 heterocycles. The van der Waals surface area contributed by atoms with Gasteiger partial charge in [-0.2, -0.15) is 0 Å². The highest BCUT2D eigenvalue weighted by atomic mass is 32.2. The van der Waals surface area contributed by atoms with Gasteiger partial charge in [-0.15, -0.1) is 11.8 Å². The maximum absolute atomic E-state index is 13.0. The highest BCUT2D eigenvalue weighted by Crippen LogP contribution is 2.32. The Kier molecular flexibility index (Phi) is 6.47. The molecule has 6 heteroatoms. The first-order valence-corrected chi connectivity index (χ1v) is 11.6. The SMILES string of the molecule is C=C1C(=N/C=C\CN2CCCCC2)SCc2c1ncn(C1CCCCC1)c2=O. The molecule has 1 aliphatic carbocycles. The van der Waals surface area contributed by atoms with E-state index in [1.807, 2.05) is 10.8 Å². The van der Waals surface area contributed by atoms with Crippen LogP contribution in [0.15, 0.2) is 35.0 Å². The molecule has 0 spiro atoms. The number of hydrogen-bond donors (Lipinski definition) is 0. The average molecular weight is 399 g/mol. The summed E-state index contributed by atoms with van der Waals surface area (Å²) in [4.78, 5) is 24.7. The van der Waals surface area contributed by atoms with E-state index >= 15 is 0 Å². The standard InChI is InChI=1S/C22H30N4OS/c1-17-20-19(22(27)26(16-24-20)18-9-4-2-5-10-18)15-28-21(17)23-11-8-14-25-12-6-3-7-13-25/h8,11,16,18H,1-7,9-10,12-15H2/b11-8-,23-21?. The van der Waals surface area contributed by atoms with Crippen molar-refractivity contribution in [3.05, 3.63) is 46.8 Å². The number of aliphatic imine (C=N–C) groups is 1. The van der Waals surface area contributed by atoms with Crippen LogP contribution in [0.25, 0.3) is 5.57 Å². The van der Waals surface area contributed by atoms with E-state index < -0.39 is 0 Å². The normalized spacial score (nSPS) is 23.4. The predicted octanol–water partition coefficient (Wildman–Crippen LogP) is 4.41. The first kappa shape index (κ1) is 19.6. The molecular formula is C22H30N4OS. The lowest BCUT2D eigenvalue weighted by atomic mass is 9.95. The molecule has 1 saturated carbocycles. The molecule has 1 aromatic heterocycles. The van der Waals surface area contributed by atoms with Gasteiger partial charge in [0, 0.05) is 30.1 Å². The van der Waals surface area contributed by atoms with Gasteiger partial charge in [-0.3, -0.25) is 14.3 Å². The van der Waals surface area contributed by atoms with Crippen LogP contribution in [0.3, 0.4) is 0 Å². The Hall–Kier alpha value is -1.66. The maximum Gasteiger partial charge on any atom is 0.258 e. The quantitative estimate of drug-likeness (QED) is 0.754. The first-order chi connectivity index (χ1) is 13.7. The third-order valence-electron chi connectivity index (χ3n) is 6.06. The van der Waals surface area contributed by atoms with Crippen molar-refractivity contribution >= 4 is 22.4 Å². The van der Waals surface area contributed by atoms with Crippen molar-refractivity contribution in [3.63, 3.8) is 0 Å². The van der Waals surface area contributed by atoms with Crippen molar-refractivity contribution in [1.29, 1.82) is 0 Å². The molecule has 150 valence electrons. The van der Waals surface area contributed by atoms with Gasteiger partial charge in [0.1, 0.15) is 5.04 Å². The number of piperidine rings is 1. The fraction of sp³-hybridized carbons (Fsp3) is 0.591. The Morgan fingerprint density at radius 2 is 1.93 bits per heavy atom. The lowest BCUT2D eigenvalue weighted by Gasteiger charge is -2.26. The summed E-state index contributed by atoms with van der Waals surface area (Å²) in [5.41, 5.74) is 2.42. The number of rotatable bonds is 4. The average Bonchev–Trinajstić information content (AvgIpc) is 2.74. The Balaban J connectivity index is 1.45. The number of thioether (sulfide) groups is 1. The van der Waals surface area contributed by atoms with Crippen molar-refractivity contribution in [1.82, 2.24) is 14.5 Å². The van der Waals surface area contributed by atoms with Crippen LogP contribution in [0.1, 0.15) is 68.7 Å². The van der Waals surface area contributed by atoms with Crippen LogP contribution in [-0.4, -0.2) is 39.1 Å². The second-order valence-electron chi connectivity index (χ2n) is 8.02. The van der Waals surface area contributed by atoms with Gasteiger partial charge in [0.15, 0.2) is 0 Å². The minimum absolute atomic E-state index is 0.116. The van der Waals surface area contributed by atoms with Crippen LogP contribution >= 0.6 is 11.8 Å². The third-order valence-corrected chi connectivity index (χ3v) is 7.12. The zero-order valence-corrected chi connectivity index (χ0v) is 17.4. The molecule has 1 aromatic rings. The van der Waals surface area contributed by atoms with Crippen molar-refractivity contribution in [2.75, 3.05) is 19.6 Å². The number of nitrogens with zero attached hydrogens (tertiary/aromatic N) is 4. The minimum Gasteiger partial charge on any atom is -0.300 e. The lowest BCUT2D eigenvalue weighted by Crippen LogP contribution is -2.31. The third kappa shape index (κ3) is 4.33. The highest BCUT2D eigenvalue weighted by Gasteiger charge is 2.26. The van der Waals surface area contributed by atoms with Crippen LogP contribution < -0.4 is 5.56 Å². The number of hydrogen-bond acceptors (Lipinski definition) is 5. The maximum atomic E-state index is 13.0. The molecule has 1 saturated heterocycles. The molecule has 5 nitrogen and oxygen atoms in total. The van der Waals surface area contributed by atoms with E-state index in [1.54, 1.807) is 18.1 Å². The Morgan fingerprint density at radius 1 is 1.18 bits per heavy atom. The summed E-state index contributed by atoms with van der Waals surface area (Å²) in [7, 11) is 0. The second-order valence-corrected chi connectivity index (χ2v) is 8.99. The minimum atomic E-state index is 0.116. The van der Waals surface area contributed by atoms with E-state index in [0.29, 0.717) is 11.8 Å². The van der Waals surface area contributed by atoms with E-state index in [9.17, 15) is 4.79 Å². The molecule has 2 aliphatic heterocycles. The molecule has 28 heavy (non-hydrogen) atoms. The molecule has 4 rings (SSSR count). The largest absolute Gasteiger partial charge is 0.300 e. The molecule has 0 unspecified atom stereocenters. The van der Waals surface area contributed by atoms with Crippen molar-refractivity contribution < 1.29 is 0 Å². The van der Waals surface area contributed by atoms with Gasteiger partial charge in [0.05, 0.1) is 17.6 Å². The molecule has 0 amide bonds. The van der Waals surface area contributed by atoms with Gasteiger partial charge >= 0.3 is 0 Å². The molecule has 0 N–H and O–H groups in total. The van der Waals surface area contributed by atoms with E-state index in [4.69, 9.17) is 0 Å². The summed E-state index contributed by atoms with van der Waals surface area (Å²) >= 11 is 1.60. The number of aromatic nitrogens is 2. The zero-order valence-electron chi connectivity index (χ0n) is 16.6. The molecule has 3 aliphatic rings. The summed E-state index contributed by atoms with van der Waals surface area (Å²) in [5.74, 6) is 0.631. The van der Waals surface area contributed by atoms with Gasteiger partial charge in [0.25, 0.3) is 5.56 Å². The number of fused-ring (bicyclic) bond motifs is 1. The van der Waals surface area contributed by atoms with Gasteiger partial charge in [-0.25, -0.2) is 9.98 Å². The summed E-state index contributed by atoms with van der Waals surface area (Å²) in [6.45, 7) is 7.51. The van der Waals surface area contributed by atoms with Crippen LogP contribution in [0.2, 0.25) is 0 Å². The van der Waals surface area contributed by atoms with E-state index in [1.165, 1.54) is 51.6 Å². The van der Waals surface area contributed by atoms with E-state index in [0.717, 1.165) is 41.3 Å². The van der Waals surface area contributed by atoms with Gasteiger partial charge in [-0.1, -0.05) is 38.3 Å². The van der Waals surface area contributed by atoms with Crippen LogP contribution in [-0.2, 0) is 5.75 Å². The summed E-state index contributed by atoms with van der Waals surface area (Å²) < 4.78 is 1.87. The van der Waals surface area contributed by atoms with Crippen LogP contribution in [0.4, 0.5) is 0 Å². The van der Waals surface area contributed by atoms with Crippen molar-refractivity contribution in [2.45, 2.75) is 63.2 Å². The van der Waals surface area contributed by atoms with E-state index in [2.05, 4.69) is 27.5 Å². The van der Waals surface area contributed by atoms with Crippen LogP contribution in [0.5, 0.6) is 0 Å². The zero-order chi connectivity index (χ0) is 19.3. The Labute approximate surface area is 171 Å². The van der Waals surface area contributed by atoms with Gasteiger partial charge < -0.3 is 0 Å². The predicted molar refractivity (Wildman–Crippen MR) is 118 cm³/mol. The Morgan fingerprint density at radius 3 is 2.71 bits per heavy atom. The number of likely N-dealkylation sites (tertiary alicyclic amines) is 1. The van der Waals surface area contributed by atoms with Crippen molar-refractivity contribution in [2.24, 2.45) is 4.99 Å². The molecule has 0 aromatic carbocycles. The lowest BCUT2D eigenvalue weighted by molar-refractivity contribution is 0.251.